The first-order valence-electron chi connectivity index (χ1n) is 5.31. The average Bonchev–Trinajstić information content (AvgIpc) is 2.66. The minimum atomic E-state index is 0.596. The quantitative estimate of drug-likeness (QED) is 0.886. The fraction of sp³-hybridized carbons (Fsp3) is 0.700. The van der Waals surface area contributed by atoms with Crippen molar-refractivity contribution in [3.05, 3.63) is 10.5 Å². The number of piperidine rings is 1. The Morgan fingerprint density at radius 1 is 1.67 bits per heavy atom. The van der Waals surface area contributed by atoms with Crippen molar-refractivity contribution in [1.29, 1.82) is 0 Å². The van der Waals surface area contributed by atoms with E-state index >= 15 is 0 Å². The third-order valence-electron chi connectivity index (χ3n) is 2.70. The van der Waals surface area contributed by atoms with Crippen molar-refractivity contribution in [2.75, 3.05) is 25.0 Å². The van der Waals surface area contributed by atoms with Gasteiger partial charge in [0.15, 0.2) is 5.13 Å². The fourth-order valence-corrected chi connectivity index (χ4v) is 2.83. The van der Waals surface area contributed by atoms with Crippen LogP contribution in [0.5, 0.6) is 0 Å². The number of halogens is 1. The van der Waals surface area contributed by atoms with E-state index < -0.39 is 0 Å². The zero-order chi connectivity index (χ0) is 10.7. The molecule has 0 amide bonds. The van der Waals surface area contributed by atoms with E-state index in [2.05, 4.69) is 22.2 Å². The number of nitrogens with one attached hydrogen (secondary N) is 1. The van der Waals surface area contributed by atoms with E-state index in [4.69, 9.17) is 11.6 Å². The van der Waals surface area contributed by atoms with Gasteiger partial charge in [-0.2, -0.15) is 0 Å². The molecule has 1 unspecified atom stereocenters. The number of hydrogen-bond donors (Lipinski definition) is 1. The van der Waals surface area contributed by atoms with Crippen molar-refractivity contribution in [2.45, 2.75) is 25.3 Å². The molecule has 2 heterocycles. The van der Waals surface area contributed by atoms with E-state index in [0.717, 1.165) is 18.2 Å². The lowest BCUT2D eigenvalue weighted by molar-refractivity contribution is 0.403. The number of hydrogen-bond acceptors (Lipinski definition) is 4. The van der Waals surface area contributed by atoms with Crippen LogP contribution in [0, 0.1) is 0 Å². The van der Waals surface area contributed by atoms with Crippen molar-refractivity contribution >= 4 is 28.1 Å². The lowest BCUT2D eigenvalue weighted by Crippen LogP contribution is -2.42. The predicted octanol–water partition coefficient (Wildman–Crippen LogP) is 2.37. The van der Waals surface area contributed by atoms with Gasteiger partial charge in [-0.1, -0.05) is 18.0 Å². The second-order valence-electron chi connectivity index (χ2n) is 3.98. The summed E-state index contributed by atoms with van der Waals surface area (Å²) in [6, 6.07) is 0.603. The summed E-state index contributed by atoms with van der Waals surface area (Å²) in [6.07, 6.45) is 3.91. The molecule has 5 heteroatoms. The monoisotopic (exact) mass is 245 g/mol. The zero-order valence-electron chi connectivity index (χ0n) is 8.87. The molecule has 3 nitrogen and oxygen atoms in total. The minimum absolute atomic E-state index is 0.596. The molecule has 0 bridgehead atoms. The largest absolute Gasteiger partial charge is 0.350 e. The average molecular weight is 246 g/mol. The number of likely N-dealkylation sites (N-methyl/N-ethyl adjacent to an activating group) is 1. The molecule has 0 spiro atoms. The van der Waals surface area contributed by atoms with Gasteiger partial charge >= 0.3 is 0 Å². The van der Waals surface area contributed by atoms with Gasteiger partial charge in [-0.25, -0.2) is 4.98 Å². The van der Waals surface area contributed by atoms with E-state index in [-0.39, 0.29) is 0 Å². The highest BCUT2D eigenvalue weighted by atomic mass is 35.5. The molecule has 0 aromatic carbocycles. The van der Waals surface area contributed by atoms with Gasteiger partial charge in [-0.3, -0.25) is 0 Å². The van der Waals surface area contributed by atoms with Gasteiger partial charge in [-0.15, -0.1) is 11.3 Å². The van der Waals surface area contributed by atoms with Crippen LogP contribution in [0.3, 0.4) is 0 Å². The lowest BCUT2D eigenvalue weighted by Gasteiger charge is -2.27. The summed E-state index contributed by atoms with van der Waals surface area (Å²) in [5.74, 6) is 0. The van der Waals surface area contributed by atoms with Gasteiger partial charge in [0, 0.05) is 25.0 Å². The molecular weight excluding hydrogens is 230 g/mol. The molecule has 1 N–H and O–H groups in total. The summed E-state index contributed by atoms with van der Waals surface area (Å²) in [7, 11) is 2.07. The Morgan fingerprint density at radius 2 is 2.53 bits per heavy atom. The van der Waals surface area contributed by atoms with E-state index in [1.807, 2.05) is 5.38 Å². The van der Waals surface area contributed by atoms with Crippen molar-refractivity contribution in [3.63, 3.8) is 0 Å². The second kappa shape index (κ2) is 5.14. The molecule has 1 atom stereocenters. The molecular formula is C10H16ClN3S. The van der Waals surface area contributed by atoms with Crippen LogP contribution in [0.2, 0.25) is 5.15 Å². The number of anilines is 1. The highest BCUT2D eigenvalue weighted by molar-refractivity contribution is 7.14. The number of nitrogens with zero attached hydrogens (tertiary/aromatic N) is 2. The number of rotatable bonds is 3. The highest BCUT2D eigenvalue weighted by Gasteiger charge is 2.16. The maximum Gasteiger partial charge on any atom is 0.186 e. The van der Waals surface area contributed by atoms with Crippen molar-refractivity contribution in [1.82, 2.24) is 10.3 Å². The van der Waals surface area contributed by atoms with E-state index in [1.165, 1.54) is 19.3 Å². The Kier molecular flexibility index (Phi) is 3.83. The molecule has 0 radical (unpaired) electrons. The van der Waals surface area contributed by atoms with Gasteiger partial charge in [0.2, 0.25) is 0 Å². The molecule has 1 aromatic heterocycles. The van der Waals surface area contributed by atoms with Crippen LogP contribution in [0.4, 0.5) is 5.13 Å². The molecule has 84 valence electrons. The molecule has 0 aliphatic carbocycles. The normalized spacial score (nSPS) is 21.6. The molecule has 0 saturated carbocycles. The van der Waals surface area contributed by atoms with E-state index in [0.29, 0.717) is 11.2 Å². The van der Waals surface area contributed by atoms with Crippen LogP contribution in [0.25, 0.3) is 0 Å². The summed E-state index contributed by atoms with van der Waals surface area (Å²) >= 11 is 7.41. The molecule has 1 aliphatic rings. The van der Waals surface area contributed by atoms with Crippen LogP contribution in [0.1, 0.15) is 19.3 Å². The van der Waals surface area contributed by atoms with Crippen LogP contribution < -0.4 is 10.2 Å². The van der Waals surface area contributed by atoms with Crippen molar-refractivity contribution in [3.8, 4) is 0 Å². The van der Waals surface area contributed by atoms with Crippen LogP contribution >= 0.6 is 22.9 Å². The second-order valence-corrected chi connectivity index (χ2v) is 5.20. The molecule has 1 aromatic rings. The van der Waals surface area contributed by atoms with Gasteiger partial charge < -0.3 is 10.2 Å². The third-order valence-corrected chi connectivity index (χ3v) is 3.98. The molecule has 1 aliphatic heterocycles. The fourth-order valence-electron chi connectivity index (χ4n) is 1.91. The summed E-state index contributed by atoms with van der Waals surface area (Å²) in [6.45, 7) is 2.17. The van der Waals surface area contributed by atoms with Gasteiger partial charge in [0.05, 0.1) is 0 Å². The van der Waals surface area contributed by atoms with E-state index in [1.54, 1.807) is 11.3 Å². The summed E-state index contributed by atoms with van der Waals surface area (Å²) in [4.78, 5) is 6.44. The molecule has 1 saturated heterocycles. The van der Waals surface area contributed by atoms with Crippen molar-refractivity contribution < 1.29 is 0 Å². The summed E-state index contributed by atoms with van der Waals surface area (Å²) < 4.78 is 0. The van der Waals surface area contributed by atoms with Crippen LogP contribution in [0.15, 0.2) is 5.38 Å². The number of aromatic nitrogens is 1. The third kappa shape index (κ3) is 3.06. The summed E-state index contributed by atoms with van der Waals surface area (Å²) in [5.41, 5.74) is 0. The van der Waals surface area contributed by atoms with Crippen molar-refractivity contribution in [2.24, 2.45) is 0 Å². The zero-order valence-corrected chi connectivity index (χ0v) is 10.4. The first-order chi connectivity index (χ1) is 7.25. The minimum Gasteiger partial charge on any atom is -0.350 e. The van der Waals surface area contributed by atoms with E-state index in [9.17, 15) is 0 Å². The Morgan fingerprint density at radius 3 is 3.13 bits per heavy atom. The Bertz CT molecular complexity index is 309. The Labute approximate surface area is 99.5 Å². The highest BCUT2D eigenvalue weighted by Crippen LogP contribution is 2.22. The van der Waals surface area contributed by atoms with Gasteiger partial charge in [0.1, 0.15) is 5.15 Å². The first kappa shape index (κ1) is 11.2. The predicted molar refractivity (Wildman–Crippen MR) is 66.0 cm³/mol. The summed E-state index contributed by atoms with van der Waals surface area (Å²) in [5, 5.41) is 7.01. The molecule has 15 heavy (non-hydrogen) atoms. The maximum absolute atomic E-state index is 5.80. The number of thiazole rings is 1. The van der Waals surface area contributed by atoms with Gasteiger partial charge in [0.25, 0.3) is 0 Å². The van der Waals surface area contributed by atoms with Crippen LogP contribution in [-0.2, 0) is 0 Å². The van der Waals surface area contributed by atoms with Crippen LogP contribution in [-0.4, -0.2) is 31.2 Å². The maximum atomic E-state index is 5.80. The lowest BCUT2D eigenvalue weighted by atomic mass is 10.1. The molecule has 2 rings (SSSR count). The standard InChI is InChI=1S/C10H16ClN3S/c1-14(10-13-9(11)7-15-10)6-8-4-2-3-5-12-8/h7-8,12H,2-6H2,1H3. The van der Waals surface area contributed by atoms with Gasteiger partial charge in [-0.05, 0) is 19.4 Å². The Balaban J connectivity index is 1.88. The Hall–Kier alpha value is -0.320. The molecule has 1 fully saturated rings. The smallest absolute Gasteiger partial charge is 0.186 e. The first-order valence-corrected chi connectivity index (χ1v) is 6.57. The topological polar surface area (TPSA) is 28.2 Å². The SMILES string of the molecule is CN(CC1CCCCN1)c1nc(Cl)cs1.